The summed E-state index contributed by atoms with van der Waals surface area (Å²) >= 11 is 1.68. The molecule has 0 amide bonds. The minimum Gasteiger partial charge on any atom is -0.387 e. The van der Waals surface area contributed by atoms with Crippen molar-refractivity contribution >= 4 is 11.3 Å². The zero-order chi connectivity index (χ0) is 12.8. The third-order valence-electron chi connectivity index (χ3n) is 3.58. The summed E-state index contributed by atoms with van der Waals surface area (Å²) in [4.78, 5) is 2.30. The summed E-state index contributed by atoms with van der Waals surface area (Å²) < 4.78 is 6.04. The van der Waals surface area contributed by atoms with E-state index in [0.717, 1.165) is 11.3 Å². The van der Waals surface area contributed by atoms with Crippen molar-refractivity contribution in [1.29, 1.82) is 0 Å². The topological polar surface area (TPSA) is 29.5 Å². The molecule has 2 nitrogen and oxygen atoms in total. The molecular formula is C14H22O2S. The van der Waals surface area contributed by atoms with Gasteiger partial charge in [-0.15, -0.1) is 11.3 Å². The van der Waals surface area contributed by atoms with Gasteiger partial charge in [-0.2, -0.15) is 0 Å². The first kappa shape index (κ1) is 13.1. The molecule has 1 aliphatic heterocycles. The van der Waals surface area contributed by atoms with Crippen LogP contribution >= 0.6 is 11.3 Å². The van der Waals surface area contributed by atoms with Gasteiger partial charge in [0.05, 0.1) is 17.3 Å². The summed E-state index contributed by atoms with van der Waals surface area (Å²) in [7, 11) is 0. The van der Waals surface area contributed by atoms with Gasteiger partial charge in [-0.05, 0) is 53.2 Å². The molecule has 0 bridgehead atoms. The second-order valence-electron chi connectivity index (χ2n) is 6.17. The molecule has 0 spiro atoms. The number of thiophene rings is 1. The monoisotopic (exact) mass is 254 g/mol. The first-order chi connectivity index (χ1) is 7.71. The van der Waals surface area contributed by atoms with Gasteiger partial charge in [0.15, 0.2) is 0 Å². The molecule has 2 unspecified atom stereocenters. The van der Waals surface area contributed by atoms with Crippen molar-refractivity contribution in [2.24, 2.45) is 5.92 Å². The van der Waals surface area contributed by atoms with Crippen LogP contribution in [0.3, 0.4) is 0 Å². The Balaban J connectivity index is 2.23. The molecule has 2 rings (SSSR count). The summed E-state index contributed by atoms with van der Waals surface area (Å²) in [6.45, 7) is 10.4. The van der Waals surface area contributed by atoms with E-state index in [1.165, 1.54) is 4.88 Å². The highest BCUT2D eigenvalue weighted by molar-refractivity contribution is 7.12. The van der Waals surface area contributed by atoms with Crippen LogP contribution in [0.1, 0.15) is 50.0 Å². The van der Waals surface area contributed by atoms with E-state index < -0.39 is 6.10 Å². The Morgan fingerprint density at radius 3 is 2.41 bits per heavy atom. The van der Waals surface area contributed by atoms with Gasteiger partial charge in [0.1, 0.15) is 0 Å². The number of aryl methyl sites for hydroxylation is 1. The lowest BCUT2D eigenvalue weighted by molar-refractivity contribution is -0.0877. The van der Waals surface area contributed by atoms with Crippen molar-refractivity contribution in [3.05, 3.63) is 21.9 Å². The van der Waals surface area contributed by atoms with Gasteiger partial charge in [0, 0.05) is 15.7 Å². The maximum absolute atomic E-state index is 10.5. The van der Waals surface area contributed by atoms with Crippen LogP contribution in [-0.4, -0.2) is 16.3 Å². The first-order valence-corrected chi connectivity index (χ1v) is 6.97. The number of ether oxygens (including phenoxy) is 1. The van der Waals surface area contributed by atoms with Gasteiger partial charge in [-0.1, -0.05) is 0 Å². The van der Waals surface area contributed by atoms with Crippen LogP contribution in [0.5, 0.6) is 0 Å². The number of hydrogen-bond acceptors (Lipinski definition) is 3. The molecule has 1 aromatic heterocycles. The molecular weight excluding hydrogens is 232 g/mol. The quantitative estimate of drug-likeness (QED) is 0.872. The second-order valence-corrected chi connectivity index (χ2v) is 7.49. The minimum atomic E-state index is -0.412. The van der Waals surface area contributed by atoms with Crippen LogP contribution in [0, 0.1) is 12.8 Å². The molecule has 96 valence electrons. The molecule has 1 aliphatic rings. The van der Waals surface area contributed by atoms with E-state index in [0.29, 0.717) is 0 Å². The zero-order valence-corrected chi connectivity index (χ0v) is 12.1. The highest BCUT2D eigenvalue weighted by atomic mass is 32.1. The molecule has 17 heavy (non-hydrogen) atoms. The van der Waals surface area contributed by atoms with E-state index in [1.807, 2.05) is 6.07 Å². The lowest BCUT2D eigenvalue weighted by Gasteiger charge is -2.29. The Bertz CT molecular complexity index is 406. The van der Waals surface area contributed by atoms with Gasteiger partial charge < -0.3 is 9.84 Å². The van der Waals surface area contributed by atoms with Crippen molar-refractivity contribution in [3.63, 3.8) is 0 Å². The van der Waals surface area contributed by atoms with E-state index >= 15 is 0 Å². The molecule has 0 aliphatic carbocycles. The Morgan fingerprint density at radius 1 is 1.35 bits per heavy atom. The highest BCUT2D eigenvalue weighted by Crippen LogP contribution is 2.48. The first-order valence-electron chi connectivity index (χ1n) is 6.16. The van der Waals surface area contributed by atoms with Crippen molar-refractivity contribution < 1.29 is 9.84 Å². The Hall–Kier alpha value is -0.380. The molecule has 1 N–H and O–H groups in total. The summed E-state index contributed by atoms with van der Waals surface area (Å²) in [5.41, 5.74) is -0.401. The smallest absolute Gasteiger partial charge is 0.0938 e. The normalized spacial score (nSPS) is 28.2. The predicted octanol–water partition coefficient (Wildman–Crippen LogP) is 3.68. The predicted molar refractivity (Wildman–Crippen MR) is 71.4 cm³/mol. The molecule has 1 fully saturated rings. The highest BCUT2D eigenvalue weighted by Gasteiger charge is 2.49. The van der Waals surface area contributed by atoms with Crippen LogP contribution in [0.4, 0.5) is 0 Å². The average Bonchev–Trinajstić information content (AvgIpc) is 2.66. The van der Waals surface area contributed by atoms with Crippen molar-refractivity contribution in [1.82, 2.24) is 0 Å². The molecule has 0 aromatic carbocycles. The summed E-state index contributed by atoms with van der Waals surface area (Å²) in [5, 5.41) is 10.5. The summed E-state index contributed by atoms with van der Waals surface area (Å²) in [6.07, 6.45) is 0.489. The van der Waals surface area contributed by atoms with E-state index in [9.17, 15) is 5.11 Å². The number of rotatable bonds is 2. The fourth-order valence-corrected chi connectivity index (χ4v) is 3.84. The molecule has 2 heterocycles. The van der Waals surface area contributed by atoms with Crippen molar-refractivity contribution in [2.45, 2.75) is 58.3 Å². The van der Waals surface area contributed by atoms with E-state index in [4.69, 9.17) is 4.74 Å². The van der Waals surface area contributed by atoms with Crippen LogP contribution in [0.2, 0.25) is 0 Å². The minimum absolute atomic E-state index is 0.137. The lowest BCUT2D eigenvalue weighted by atomic mass is 9.82. The number of aliphatic hydroxyl groups excluding tert-OH is 1. The Kier molecular flexibility index (Phi) is 3.13. The van der Waals surface area contributed by atoms with E-state index in [2.05, 4.69) is 40.7 Å². The molecule has 1 saturated heterocycles. The van der Waals surface area contributed by atoms with E-state index in [1.54, 1.807) is 11.3 Å². The molecule has 3 heteroatoms. The van der Waals surface area contributed by atoms with Gasteiger partial charge in [-0.3, -0.25) is 0 Å². The molecule has 0 radical (unpaired) electrons. The molecule has 0 saturated carbocycles. The standard InChI is InChI=1S/C14H22O2S/c1-9-6-7-11(17-9)12(15)10-8-13(2,3)16-14(10,4)5/h6-7,10,12,15H,8H2,1-5H3. The Morgan fingerprint density at radius 2 is 2.00 bits per heavy atom. The largest absolute Gasteiger partial charge is 0.387 e. The van der Waals surface area contributed by atoms with Gasteiger partial charge in [0.25, 0.3) is 0 Å². The third kappa shape index (κ3) is 2.56. The van der Waals surface area contributed by atoms with Crippen LogP contribution in [-0.2, 0) is 4.74 Å². The van der Waals surface area contributed by atoms with Crippen LogP contribution in [0.15, 0.2) is 12.1 Å². The Labute approximate surface area is 108 Å². The maximum Gasteiger partial charge on any atom is 0.0938 e. The lowest BCUT2D eigenvalue weighted by Crippen LogP contribution is -2.32. The molecule has 2 atom stereocenters. The van der Waals surface area contributed by atoms with Crippen molar-refractivity contribution in [3.8, 4) is 0 Å². The van der Waals surface area contributed by atoms with Gasteiger partial charge >= 0.3 is 0 Å². The summed E-state index contributed by atoms with van der Waals surface area (Å²) in [5.74, 6) is 0.163. The van der Waals surface area contributed by atoms with Gasteiger partial charge in [-0.25, -0.2) is 0 Å². The second kappa shape index (κ2) is 4.08. The number of hydrogen-bond donors (Lipinski definition) is 1. The zero-order valence-electron chi connectivity index (χ0n) is 11.3. The van der Waals surface area contributed by atoms with Crippen molar-refractivity contribution in [2.75, 3.05) is 0 Å². The third-order valence-corrected chi connectivity index (χ3v) is 4.65. The van der Waals surface area contributed by atoms with Gasteiger partial charge in [0.2, 0.25) is 0 Å². The fraction of sp³-hybridized carbons (Fsp3) is 0.714. The molecule has 1 aromatic rings. The maximum atomic E-state index is 10.5. The average molecular weight is 254 g/mol. The van der Waals surface area contributed by atoms with E-state index in [-0.39, 0.29) is 17.1 Å². The van der Waals surface area contributed by atoms with Crippen LogP contribution in [0.25, 0.3) is 0 Å². The summed E-state index contributed by atoms with van der Waals surface area (Å²) in [6, 6.07) is 4.10. The fourth-order valence-electron chi connectivity index (χ4n) is 2.91. The number of aliphatic hydroxyl groups is 1. The van der Waals surface area contributed by atoms with Crippen LogP contribution < -0.4 is 0 Å². The SMILES string of the molecule is Cc1ccc(C(O)C2CC(C)(C)OC2(C)C)s1.